The highest BCUT2D eigenvalue weighted by Crippen LogP contribution is 2.19. The molecule has 0 aromatic heterocycles. The minimum Gasteiger partial charge on any atom is -0.346 e. The Morgan fingerprint density at radius 3 is 2.73 bits per heavy atom. The van der Waals surface area contributed by atoms with Gasteiger partial charge in [0.15, 0.2) is 5.78 Å². The number of hydrogen-bond donors (Lipinski definition) is 1. The molecule has 0 amide bonds. The summed E-state index contributed by atoms with van der Waals surface area (Å²) < 4.78 is 0. The summed E-state index contributed by atoms with van der Waals surface area (Å²) in [6.45, 7) is 2.13. The fourth-order valence-corrected chi connectivity index (χ4v) is 2.26. The molecule has 15 heavy (non-hydrogen) atoms. The second-order valence-electron chi connectivity index (χ2n) is 4.01. The third-order valence-corrected chi connectivity index (χ3v) is 3.15. The minimum absolute atomic E-state index is 0.202. The van der Waals surface area contributed by atoms with E-state index in [0.717, 1.165) is 31.5 Å². The van der Waals surface area contributed by atoms with Gasteiger partial charge >= 0.3 is 0 Å². The van der Waals surface area contributed by atoms with Crippen LogP contribution in [0.1, 0.15) is 23.2 Å². The van der Waals surface area contributed by atoms with E-state index in [4.69, 9.17) is 11.6 Å². The highest BCUT2D eigenvalue weighted by atomic mass is 35.5. The van der Waals surface area contributed by atoms with Crippen LogP contribution in [0.2, 0.25) is 5.02 Å². The molecule has 1 fully saturated rings. The van der Waals surface area contributed by atoms with E-state index in [1.165, 1.54) is 0 Å². The van der Waals surface area contributed by atoms with E-state index in [1.807, 2.05) is 12.1 Å². The Bertz CT molecular complexity index is 358. The molecule has 1 saturated heterocycles. The van der Waals surface area contributed by atoms with Crippen LogP contribution in [0.4, 0.5) is 0 Å². The van der Waals surface area contributed by atoms with Gasteiger partial charge in [-0.2, -0.15) is 0 Å². The van der Waals surface area contributed by atoms with Gasteiger partial charge in [0.2, 0.25) is 0 Å². The highest BCUT2D eigenvalue weighted by Gasteiger charge is 2.23. The number of nitrogens with two attached hydrogens (primary N) is 1. The highest BCUT2D eigenvalue weighted by molar-refractivity contribution is 6.31. The van der Waals surface area contributed by atoms with Crippen molar-refractivity contribution in [2.45, 2.75) is 12.8 Å². The predicted molar refractivity (Wildman–Crippen MR) is 60.2 cm³/mol. The van der Waals surface area contributed by atoms with Crippen LogP contribution in [0.15, 0.2) is 24.3 Å². The lowest BCUT2D eigenvalue weighted by molar-refractivity contribution is -0.663. The number of piperidine rings is 1. The smallest absolute Gasteiger partial charge is 0.166 e. The van der Waals surface area contributed by atoms with E-state index in [9.17, 15) is 4.79 Å². The van der Waals surface area contributed by atoms with E-state index in [2.05, 4.69) is 5.32 Å². The predicted octanol–water partition coefficient (Wildman–Crippen LogP) is 1.50. The van der Waals surface area contributed by atoms with Crippen LogP contribution in [0.25, 0.3) is 0 Å². The maximum Gasteiger partial charge on any atom is 0.166 e. The molecule has 1 aliphatic heterocycles. The molecule has 0 saturated carbocycles. The van der Waals surface area contributed by atoms with Crippen molar-refractivity contribution in [2.24, 2.45) is 5.92 Å². The summed E-state index contributed by atoms with van der Waals surface area (Å²) >= 11 is 5.87. The van der Waals surface area contributed by atoms with Crippen molar-refractivity contribution in [3.8, 4) is 0 Å². The molecular weight excluding hydrogens is 210 g/mol. The van der Waals surface area contributed by atoms with Gasteiger partial charge in [0.25, 0.3) is 0 Å². The second-order valence-corrected chi connectivity index (χ2v) is 4.45. The Labute approximate surface area is 94.6 Å². The monoisotopic (exact) mass is 224 g/mol. The molecule has 3 heteroatoms. The number of rotatable bonds is 2. The summed E-state index contributed by atoms with van der Waals surface area (Å²) in [7, 11) is 0. The maximum absolute atomic E-state index is 12.1. The van der Waals surface area contributed by atoms with Crippen molar-refractivity contribution < 1.29 is 10.1 Å². The summed E-state index contributed by atoms with van der Waals surface area (Å²) in [4.78, 5) is 12.1. The topological polar surface area (TPSA) is 33.7 Å². The van der Waals surface area contributed by atoms with Gasteiger partial charge in [-0.25, -0.2) is 0 Å². The average molecular weight is 225 g/mol. The standard InChI is InChI=1S/C12H14ClNO/c13-11-3-1-2-10(8-11)12(15)9-4-6-14-7-5-9/h1-3,8-9,14H,4-7H2/p+1. The summed E-state index contributed by atoms with van der Waals surface area (Å²) in [5.74, 6) is 0.457. The number of carbonyl (C=O) groups excluding carboxylic acids is 1. The normalized spacial score (nSPS) is 17.7. The minimum atomic E-state index is 0.202. The van der Waals surface area contributed by atoms with Crippen LogP contribution in [0, 0.1) is 5.92 Å². The van der Waals surface area contributed by atoms with Gasteiger partial charge in [-0.05, 0) is 12.1 Å². The van der Waals surface area contributed by atoms with E-state index in [-0.39, 0.29) is 11.7 Å². The van der Waals surface area contributed by atoms with E-state index in [1.54, 1.807) is 12.1 Å². The molecule has 0 unspecified atom stereocenters. The number of quaternary nitrogens is 1. The second kappa shape index (κ2) is 4.77. The van der Waals surface area contributed by atoms with Gasteiger partial charge < -0.3 is 5.32 Å². The molecular formula is C12H15ClNO+. The lowest BCUT2D eigenvalue weighted by Crippen LogP contribution is -2.86. The zero-order valence-corrected chi connectivity index (χ0v) is 9.33. The lowest BCUT2D eigenvalue weighted by atomic mass is 9.90. The van der Waals surface area contributed by atoms with E-state index in [0.29, 0.717) is 5.02 Å². The molecule has 0 bridgehead atoms. The van der Waals surface area contributed by atoms with Crippen LogP contribution in [0.3, 0.4) is 0 Å². The molecule has 0 radical (unpaired) electrons. The first-order valence-corrected chi connectivity index (χ1v) is 5.76. The number of hydrogen-bond acceptors (Lipinski definition) is 1. The van der Waals surface area contributed by atoms with Crippen molar-refractivity contribution >= 4 is 17.4 Å². The van der Waals surface area contributed by atoms with Gasteiger partial charge in [0, 0.05) is 29.3 Å². The molecule has 1 aliphatic rings. The van der Waals surface area contributed by atoms with Crippen LogP contribution in [-0.2, 0) is 0 Å². The molecule has 0 spiro atoms. The SMILES string of the molecule is O=C(c1cccc(Cl)c1)C1CC[NH2+]CC1. The first-order chi connectivity index (χ1) is 7.27. The Morgan fingerprint density at radius 1 is 1.33 bits per heavy atom. The Balaban J connectivity index is 2.12. The van der Waals surface area contributed by atoms with Gasteiger partial charge in [0.1, 0.15) is 0 Å². The third kappa shape index (κ3) is 2.58. The Morgan fingerprint density at radius 2 is 2.07 bits per heavy atom. The van der Waals surface area contributed by atoms with Crippen molar-refractivity contribution in [1.82, 2.24) is 0 Å². The van der Waals surface area contributed by atoms with Crippen molar-refractivity contribution in [2.75, 3.05) is 13.1 Å². The molecule has 0 atom stereocenters. The molecule has 80 valence electrons. The number of Topliss-reactive ketones (excluding diaryl/α,β-unsaturated/α-hetero) is 1. The van der Waals surface area contributed by atoms with Crippen LogP contribution in [0.5, 0.6) is 0 Å². The molecule has 2 nitrogen and oxygen atoms in total. The quantitative estimate of drug-likeness (QED) is 0.759. The van der Waals surface area contributed by atoms with Crippen molar-refractivity contribution in [3.05, 3.63) is 34.9 Å². The summed E-state index contributed by atoms with van der Waals surface area (Å²) in [6.07, 6.45) is 1.98. The first-order valence-electron chi connectivity index (χ1n) is 5.39. The average Bonchev–Trinajstić information content (AvgIpc) is 2.29. The van der Waals surface area contributed by atoms with Crippen LogP contribution >= 0.6 is 11.6 Å². The van der Waals surface area contributed by atoms with E-state index >= 15 is 0 Å². The number of ketones is 1. The molecule has 2 rings (SSSR count). The summed E-state index contributed by atoms with van der Waals surface area (Å²) in [5, 5.41) is 2.91. The van der Waals surface area contributed by atoms with Gasteiger partial charge in [-0.15, -0.1) is 0 Å². The van der Waals surface area contributed by atoms with Gasteiger partial charge in [-0.1, -0.05) is 23.7 Å². The maximum atomic E-state index is 12.1. The van der Waals surface area contributed by atoms with Crippen LogP contribution in [-0.4, -0.2) is 18.9 Å². The number of halogens is 1. The first kappa shape index (κ1) is 10.7. The lowest BCUT2D eigenvalue weighted by Gasteiger charge is -2.19. The third-order valence-electron chi connectivity index (χ3n) is 2.92. The number of benzene rings is 1. The summed E-state index contributed by atoms with van der Waals surface area (Å²) in [6, 6.07) is 7.26. The van der Waals surface area contributed by atoms with E-state index < -0.39 is 0 Å². The molecule has 1 aromatic carbocycles. The largest absolute Gasteiger partial charge is 0.346 e. The van der Waals surface area contributed by atoms with Crippen LogP contribution < -0.4 is 5.32 Å². The fourth-order valence-electron chi connectivity index (χ4n) is 2.07. The molecule has 2 N–H and O–H groups in total. The van der Waals surface area contributed by atoms with Crippen molar-refractivity contribution in [3.63, 3.8) is 0 Å². The molecule has 1 heterocycles. The Kier molecular flexibility index (Phi) is 3.39. The zero-order valence-electron chi connectivity index (χ0n) is 8.58. The van der Waals surface area contributed by atoms with Crippen molar-refractivity contribution in [1.29, 1.82) is 0 Å². The fraction of sp³-hybridized carbons (Fsp3) is 0.417. The molecule has 1 aromatic rings. The van der Waals surface area contributed by atoms with Gasteiger partial charge in [0.05, 0.1) is 13.1 Å². The number of carbonyl (C=O) groups is 1. The summed E-state index contributed by atoms with van der Waals surface area (Å²) in [5.41, 5.74) is 0.759. The molecule has 0 aliphatic carbocycles. The Hall–Kier alpha value is -0.860. The zero-order chi connectivity index (χ0) is 10.7. The van der Waals surface area contributed by atoms with Gasteiger partial charge in [-0.3, -0.25) is 4.79 Å².